The zero-order chi connectivity index (χ0) is 21.4. The average molecular weight is 456 g/mol. The molecule has 4 rings (SSSR count). The van der Waals surface area contributed by atoms with Crippen molar-refractivity contribution in [3.63, 3.8) is 0 Å². The topological polar surface area (TPSA) is 70.1 Å². The summed E-state index contributed by atoms with van der Waals surface area (Å²) >= 11 is 9.71. The number of rotatable bonds is 4. The Balaban J connectivity index is 1.96. The lowest BCUT2D eigenvalue weighted by molar-refractivity contribution is -0.116. The highest BCUT2D eigenvalue weighted by atomic mass is 35.5. The fourth-order valence-corrected chi connectivity index (χ4v) is 6.38. The molecule has 2 N–H and O–H groups in total. The van der Waals surface area contributed by atoms with Crippen LogP contribution in [0.3, 0.4) is 0 Å². The average Bonchev–Trinajstić information content (AvgIpc) is 3.18. The van der Waals surface area contributed by atoms with Gasteiger partial charge in [-0.1, -0.05) is 24.6 Å². The highest BCUT2D eigenvalue weighted by Crippen LogP contribution is 2.49. The van der Waals surface area contributed by atoms with Gasteiger partial charge in [-0.05, 0) is 54.7 Å². The second-order valence-corrected chi connectivity index (χ2v) is 9.99. The Labute approximate surface area is 190 Å². The Morgan fingerprint density at radius 3 is 2.87 bits per heavy atom. The highest BCUT2D eigenvalue weighted by Gasteiger charge is 2.41. The standard InChI is InChI=1S/C23H22ClN3OS2/c1-3-29-19-9-10-30-22(19)20-15(12-25)23(26)27(14-8-7-13(2)16(24)11-14)17-5-4-6-18(28)21(17)20/h7-11,20H,3-6,26H2,1-2H3. The number of thiophene rings is 1. The summed E-state index contributed by atoms with van der Waals surface area (Å²) in [6.45, 7) is 4.04. The summed E-state index contributed by atoms with van der Waals surface area (Å²) in [4.78, 5) is 17.2. The number of benzene rings is 1. The lowest BCUT2D eigenvalue weighted by Crippen LogP contribution is -2.38. The van der Waals surface area contributed by atoms with Crippen molar-refractivity contribution in [3.8, 4) is 6.07 Å². The molecule has 7 heteroatoms. The number of anilines is 1. The molecule has 1 aromatic heterocycles. The van der Waals surface area contributed by atoms with Crippen LogP contribution in [0.4, 0.5) is 5.69 Å². The molecule has 154 valence electrons. The molecule has 1 aliphatic heterocycles. The van der Waals surface area contributed by atoms with Crippen molar-refractivity contribution in [2.75, 3.05) is 10.7 Å². The highest BCUT2D eigenvalue weighted by molar-refractivity contribution is 7.99. The van der Waals surface area contributed by atoms with Crippen molar-refractivity contribution in [1.82, 2.24) is 0 Å². The SMILES string of the molecule is CCSc1ccsc1C1C(C#N)=C(N)N(c2ccc(C)c(Cl)c2)C2=C1C(=O)CCC2. The molecule has 1 aromatic carbocycles. The number of halogens is 1. The zero-order valence-corrected chi connectivity index (χ0v) is 19.3. The second kappa shape index (κ2) is 8.50. The minimum Gasteiger partial charge on any atom is -0.384 e. The van der Waals surface area contributed by atoms with Crippen molar-refractivity contribution in [2.45, 2.75) is 43.9 Å². The number of aryl methyl sites for hydroxylation is 1. The van der Waals surface area contributed by atoms with Crippen LogP contribution >= 0.6 is 34.7 Å². The largest absolute Gasteiger partial charge is 0.384 e. The number of carbonyl (C=O) groups excluding carboxylic acids is 1. The van der Waals surface area contributed by atoms with Crippen LogP contribution in [-0.2, 0) is 4.79 Å². The Morgan fingerprint density at radius 2 is 2.17 bits per heavy atom. The van der Waals surface area contributed by atoms with Crippen LogP contribution in [0.15, 0.2) is 57.2 Å². The maximum atomic E-state index is 13.2. The van der Waals surface area contributed by atoms with Gasteiger partial charge in [-0.15, -0.1) is 23.1 Å². The number of hydrogen-bond donors (Lipinski definition) is 1. The maximum absolute atomic E-state index is 13.2. The smallest absolute Gasteiger partial charge is 0.161 e. The number of hydrogen-bond acceptors (Lipinski definition) is 6. The van der Waals surface area contributed by atoms with Crippen LogP contribution in [0.5, 0.6) is 0 Å². The van der Waals surface area contributed by atoms with Gasteiger partial charge in [0.1, 0.15) is 5.82 Å². The first-order valence-electron chi connectivity index (χ1n) is 9.90. The molecule has 0 fully saturated rings. The predicted octanol–water partition coefficient (Wildman–Crippen LogP) is 6.13. The fraction of sp³-hybridized carbons (Fsp3) is 0.304. The summed E-state index contributed by atoms with van der Waals surface area (Å²) in [5.41, 5.74) is 10.4. The minimum atomic E-state index is -0.399. The molecule has 1 unspecified atom stereocenters. The molecule has 1 aliphatic carbocycles. The van der Waals surface area contributed by atoms with E-state index in [1.165, 1.54) is 0 Å². The lowest BCUT2D eigenvalue weighted by Gasteiger charge is -2.39. The zero-order valence-electron chi connectivity index (χ0n) is 16.9. The number of carbonyl (C=O) groups is 1. The molecule has 0 saturated heterocycles. The number of thioether (sulfide) groups is 1. The van der Waals surface area contributed by atoms with Crippen LogP contribution < -0.4 is 10.6 Å². The summed E-state index contributed by atoms with van der Waals surface area (Å²) in [6, 6.07) is 10.1. The third-order valence-electron chi connectivity index (χ3n) is 5.55. The first-order chi connectivity index (χ1) is 14.5. The van der Waals surface area contributed by atoms with E-state index in [4.69, 9.17) is 17.3 Å². The number of nitrogens with two attached hydrogens (primary N) is 1. The monoisotopic (exact) mass is 455 g/mol. The van der Waals surface area contributed by atoms with Crippen molar-refractivity contribution in [1.29, 1.82) is 5.26 Å². The molecule has 0 saturated carbocycles. The van der Waals surface area contributed by atoms with E-state index < -0.39 is 5.92 Å². The third-order valence-corrected chi connectivity index (χ3v) is 8.02. The normalized spacial score (nSPS) is 19.2. The van der Waals surface area contributed by atoms with Crippen molar-refractivity contribution in [3.05, 3.63) is 67.8 Å². The molecule has 30 heavy (non-hydrogen) atoms. The molecular weight excluding hydrogens is 434 g/mol. The van der Waals surface area contributed by atoms with Crippen molar-refractivity contribution < 1.29 is 4.79 Å². The molecule has 2 heterocycles. The van der Waals surface area contributed by atoms with Gasteiger partial charge in [-0.25, -0.2) is 0 Å². The van der Waals surface area contributed by atoms with Crippen LogP contribution in [0.25, 0.3) is 0 Å². The van der Waals surface area contributed by atoms with E-state index in [0.29, 0.717) is 28.4 Å². The Hall–Kier alpha value is -2.20. The van der Waals surface area contributed by atoms with Gasteiger partial charge < -0.3 is 5.73 Å². The molecule has 4 nitrogen and oxygen atoms in total. The number of nitriles is 1. The summed E-state index contributed by atoms with van der Waals surface area (Å²) in [6.07, 6.45) is 2.01. The Bertz CT molecular complexity index is 1130. The number of ketones is 1. The van der Waals surface area contributed by atoms with E-state index in [9.17, 15) is 10.1 Å². The van der Waals surface area contributed by atoms with Crippen LogP contribution in [0, 0.1) is 18.3 Å². The van der Waals surface area contributed by atoms with Crippen LogP contribution in [0.1, 0.15) is 42.5 Å². The van der Waals surface area contributed by atoms with E-state index >= 15 is 0 Å². The van der Waals surface area contributed by atoms with Gasteiger partial charge in [0.15, 0.2) is 5.78 Å². The molecule has 1 atom stereocenters. The number of Topliss-reactive ketones (excluding diaryl/α,β-unsaturated/α-hetero) is 1. The minimum absolute atomic E-state index is 0.102. The van der Waals surface area contributed by atoms with E-state index in [0.717, 1.165) is 45.3 Å². The van der Waals surface area contributed by atoms with Crippen molar-refractivity contribution in [2.24, 2.45) is 5.73 Å². The third kappa shape index (κ3) is 3.45. The molecule has 0 spiro atoms. The summed E-state index contributed by atoms with van der Waals surface area (Å²) in [5, 5.41) is 12.8. The second-order valence-electron chi connectivity index (χ2n) is 7.33. The van der Waals surface area contributed by atoms with Gasteiger partial charge in [0, 0.05) is 38.2 Å². The van der Waals surface area contributed by atoms with E-state index in [1.807, 2.05) is 35.4 Å². The molecule has 2 aromatic rings. The fourth-order valence-electron chi connectivity index (χ4n) is 4.16. The van der Waals surface area contributed by atoms with E-state index in [-0.39, 0.29) is 5.78 Å². The predicted molar refractivity (Wildman–Crippen MR) is 125 cm³/mol. The van der Waals surface area contributed by atoms with Crippen LogP contribution in [-0.4, -0.2) is 11.5 Å². The van der Waals surface area contributed by atoms with E-state index in [2.05, 4.69) is 19.1 Å². The number of allylic oxidation sites excluding steroid dienone is 3. The van der Waals surface area contributed by atoms with Gasteiger partial charge >= 0.3 is 0 Å². The van der Waals surface area contributed by atoms with Gasteiger partial charge in [0.25, 0.3) is 0 Å². The lowest BCUT2D eigenvalue weighted by atomic mass is 9.78. The molecular formula is C23H22ClN3OS2. The van der Waals surface area contributed by atoms with Gasteiger partial charge in [0.05, 0.1) is 17.6 Å². The summed E-state index contributed by atoms with van der Waals surface area (Å²) in [7, 11) is 0. The first-order valence-corrected chi connectivity index (χ1v) is 12.1. The van der Waals surface area contributed by atoms with Gasteiger partial charge in [-0.2, -0.15) is 5.26 Å². The first kappa shape index (κ1) is 21.0. The van der Waals surface area contributed by atoms with Gasteiger partial charge in [-0.3, -0.25) is 9.69 Å². The molecule has 0 bridgehead atoms. The maximum Gasteiger partial charge on any atom is 0.161 e. The molecule has 0 radical (unpaired) electrons. The van der Waals surface area contributed by atoms with Gasteiger partial charge in [0.2, 0.25) is 0 Å². The summed E-state index contributed by atoms with van der Waals surface area (Å²) < 4.78 is 0. The van der Waals surface area contributed by atoms with Crippen LogP contribution in [0.2, 0.25) is 5.02 Å². The number of nitrogens with zero attached hydrogens (tertiary/aromatic N) is 2. The van der Waals surface area contributed by atoms with E-state index in [1.54, 1.807) is 23.1 Å². The summed E-state index contributed by atoms with van der Waals surface area (Å²) in [5.74, 6) is 1.01. The molecule has 2 aliphatic rings. The van der Waals surface area contributed by atoms with Crippen molar-refractivity contribution >= 4 is 46.2 Å². The quantitative estimate of drug-likeness (QED) is 0.561. The molecule has 0 amide bonds. The Morgan fingerprint density at radius 1 is 1.37 bits per heavy atom. The Kier molecular flexibility index (Phi) is 5.97.